The van der Waals surface area contributed by atoms with Crippen LogP contribution in [0.15, 0.2) is 40.9 Å². The number of hydrogen-bond donors (Lipinski definition) is 2. The fraction of sp³-hybridized carbons (Fsp3) is 0.176. The lowest BCUT2D eigenvalue weighted by Gasteiger charge is -2.16. The Labute approximate surface area is 147 Å². The molecule has 0 saturated heterocycles. The number of nitrogens with one attached hydrogen (secondary N) is 2. The van der Waals surface area contributed by atoms with E-state index in [2.05, 4.69) is 26.6 Å². The van der Waals surface area contributed by atoms with E-state index in [0.29, 0.717) is 16.3 Å². The van der Waals surface area contributed by atoms with Gasteiger partial charge < -0.3 is 10.6 Å². The molecule has 0 aliphatic carbocycles. The summed E-state index contributed by atoms with van der Waals surface area (Å²) in [5.74, 6) is -0.350. The van der Waals surface area contributed by atoms with Crippen molar-refractivity contribution in [3.8, 4) is 0 Å². The minimum Gasteiger partial charge on any atom is -0.325 e. The van der Waals surface area contributed by atoms with Gasteiger partial charge in [-0.3, -0.25) is 9.59 Å². The molecule has 0 unspecified atom stereocenters. The van der Waals surface area contributed by atoms with E-state index in [1.54, 1.807) is 30.3 Å². The van der Waals surface area contributed by atoms with Gasteiger partial charge in [0, 0.05) is 15.8 Å². The highest BCUT2D eigenvalue weighted by atomic mass is 79.9. The zero-order valence-corrected chi connectivity index (χ0v) is 14.9. The third-order valence-electron chi connectivity index (χ3n) is 3.94. The van der Waals surface area contributed by atoms with Gasteiger partial charge in [0.1, 0.15) is 0 Å². The van der Waals surface area contributed by atoms with E-state index in [1.807, 2.05) is 19.9 Å². The molecular formula is C17H14BrClN2O2. The summed E-state index contributed by atoms with van der Waals surface area (Å²) in [4.78, 5) is 24.4. The van der Waals surface area contributed by atoms with E-state index in [4.69, 9.17) is 11.6 Å². The molecule has 0 saturated carbocycles. The number of carbonyl (C=O) groups is 2. The Bertz CT molecular complexity index is 833. The van der Waals surface area contributed by atoms with Crippen LogP contribution < -0.4 is 10.6 Å². The van der Waals surface area contributed by atoms with Crippen LogP contribution in [0.2, 0.25) is 5.02 Å². The SMILES string of the molecule is CC1(C)C(=O)Nc2ccc(NC(=O)c3cc(Br)ccc3Cl)cc21. The number of hydrogen-bond acceptors (Lipinski definition) is 2. The Kier molecular flexibility index (Phi) is 3.94. The topological polar surface area (TPSA) is 58.2 Å². The molecule has 0 aromatic heterocycles. The van der Waals surface area contributed by atoms with E-state index in [-0.39, 0.29) is 11.8 Å². The van der Waals surface area contributed by atoms with Gasteiger partial charge in [-0.25, -0.2) is 0 Å². The van der Waals surface area contributed by atoms with Gasteiger partial charge in [-0.1, -0.05) is 27.5 Å². The summed E-state index contributed by atoms with van der Waals surface area (Å²) in [5, 5.41) is 6.04. The highest BCUT2D eigenvalue weighted by Gasteiger charge is 2.38. The quantitative estimate of drug-likeness (QED) is 0.784. The van der Waals surface area contributed by atoms with Crippen molar-refractivity contribution in [2.75, 3.05) is 10.6 Å². The molecule has 6 heteroatoms. The number of amides is 2. The lowest BCUT2D eigenvalue weighted by Crippen LogP contribution is -2.26. The summed E-state index contributed by atoms with van der Waals surface area (Å²) >= 11 is 9.41. The van der Waals surface area contributed by atoms with Gasteiger partial charge in [-0.2, -0.15) is 0 Å². The minimum atomic E-state index is -0.622. The van der Waals surface area contributed by atoms with Crippen molar-refractivity contribution in [1.29, 1.82) is 0 Å². The Balaban J connectivity index is 1.90. The lowest BCUT2D eigenvalue weighted by molar-refractivity contribution is -0.119. The zero-order valence-electron chi connectivity index (χ0n) is 12.5. The molecule has 2 aromatic rings. The predicted molar refractivity (Wildman–Crippen MR) is 95.2 cm³/mol. The average molecular weight is 394 g/mol. The molecule has 1 aliphatic rings. The second kappa shape index (κ2) is 5.65. The van der Waals surface area contributed by atoms with Crippen LogP contribution >= 0.6 is 27.5 Å². The second-order valence-electron chi connectivity index (χ2n) is 5.92. The Morgan fingerprint density at radius 3 is 2.70 bits per heavy atom. The first-order valence-electron chi connectivity index (χ1n) is 7.01. The molecule has 1 aliphatic heterocycles. The van der Waals surface area contributed by atoms with Crippen LogP contribution in [0.1, 0.15) is 29.8 Å². The highest BCUT2D eigenvalue weighted by Crippen LogP contribution is 2.38. The molecule has 118 valence electrons. The fourth-order valence-electron chi connectivity index (χ4n) is 2.52. The molecular weight excluding hydrogens is 380 g/mol. The summed E-state index contributed by atoms with van der Waals surface area (Å²) in [6, 6.07) is 10.5. The van der Waals surface area contributed by atoms with Gasteiger partial charge in [0.2, 0.25) is 5.91 Å². The largest absolute Gasteiger partial charge is 0.325 e. The van der Waals surface area contributed by atoms with E-state index < -0.39 is 5.41 Å². The van der Waals surface area contributed by atoms with E-state index in [1.165, 1.54) is 0 Å². The van der Waals surface area contributed by atoms with Gasteiger partial charge >= 0.3 is 0 Å². The standard InChI is InChI=1S/C17H14BrClN2O2/c1-17(2)12-8-10(4-6-14(12)21-16(17)23)20-15(22)11-7-9(18)3-5-13(11)19/h3-8H,1-2H3,(H,20,22)(H,21,23). The molecule has 0 fully saturated rings. The van der Waals surface area contributed by atoms with E-state index >= 15 is 0 Å². The van der Waals surface area contributed by atoms with Crippen LogP contribution in [0.3, 0.4) is 0 Å². The number of halogens is 2. The van der Waals surface area contributed by atoms with Crippen LogP contribution in [0.4, 0.5) is 11.4 Å². The maximum absolute atomic E-state index is 12.4. The summed E-state index contributed by atoms with van der Waals surface area (Å²) < 4.78 is 0.775. The van der Waals surface area contributed by atoms with Crippen molar-refractivity contribution in [2.45, 2.75) is 19.3 Å². The first kappa shape index (κ1) is 16.0. The third kappa shape index (κ3) is 2.86. The van der Waals surface area contributed by atoms with Crippen molar-refractivity contribution >= 4 is 50.7 Å². The van der Waals surface area contributed by atoms with Gasteiger partial charge in [-0.15, -0.1) is 0 Å². The molecule has 4 nitrogen and oxygen atoms in total. The van der Waals surface area contributed by atoms with Crippen molar-refractivity contribution in [3.05, 3.63) is 57.0 Å². The van der Waals surface area contributed by atoms with Crippen molar-refractivity contribution in [1.82, 2.24) is 0 Å². The Hall–Kier alpha value is -1.85. The molecule has 1 heterocycles. The second-order valence-corrected chi connectivity index (χ2v) is 7.24. The Morgan fingerprint density at radius 1 is 1.22 bits per heavy atom. The van der Waals surface area contributed by atoms with Crippen LogP contribution in [-0.4, -0.2) is 11.8 Å². The maximum Gasteiger partial charge on any atom is 0.257 e. The molecule has 0 spiro atoms. The van der Waals surface area contributed by atoms with Crippen LogP contribution in [0, 0.1) is 0 Å². The van der Waals surface area contributed by atoms with Crippen molar-refractivity contribution in [3.63, 3.8) is 0 Å². The summed E-state index contributed by atoms with van der Waals surface area (Å²) in [6.45, 7) is 3.70. The van der Waals surface area contributed by atoms with Crippen molar-refractivity contribution < 1.29 is 9.59 Å². The van der Waals surface area contributed by atoms with Gasteiger partial charge in [0.25, 0.3) is 5.91 Å². The van der Waals surface area contributed by atoms with Crippen LogP contribution in [0.5, 0.6) is 0 Å². The minimum absolute atomic E-state index is 0.0500. The number of fused-ring (bicyclic) bond motifs is 1. The molecule has 2 N–H and O–H groups in total. The first-order chi connectivity index (χ1) is 10.8. The van der Waals surface area contributed by atoms with E-state index in [9.17, 15) is 9.59 Å². The molecule has 0 bridgehead atoms. The predicted octanol–water partition coefficient (Wildman–Crippen LogP) is 4.58. The molecule has 0 atom stereocenters. The molecule has 0 radical (unpaired) electrons. The molecule has 3 rings (SSSR count). The maximum atomic E-state index is 12.4. The highest BCUT2D eigenvalue weighted by molar-refractivity contribution is 9.10. The normalized spacial score (nSPS) is 15.0. The molecule has 2 aromatic carbocycles. The van der Waals surface area contributed by atoms with E-state index in [0.717, 1.165) is 15.7 Å². The first-order valence-corrected chi connectivity index (χ1v) is 8.18. The molecule has 23 heavy (non-hydrogen) atoms. The van der Waals surface area contributed by atoms with Crippen LogP contribution in [-0.2, 0) is 10.2 Å². The molecule has 2 amide bonds. The summed E-state index contributed by atoms with van der Waals surface area (Å²) in [6.07, 6.45) is 0. The van der Waals surface area contributed by atoms with Gasteiger partial charge in [0.15, 0.2) is 0 Å². The monoisotopic (exact) mass is 392 g/mol. The lowest BCUT2D eigenvalue weighted by atomic mass is 9.86. The average Bonchev–Trinajstić information content (AvgIpc) is 2.72. The number of anilines is 2. The third-order valence-corrected chi connectivity index (χ3v) is 4.76. The van der Waals surface area contributed by atoms with Gasteiger partial charge in [0.05, 0.1) is 16.0 Å². The summed E-state index contributed by atoms with van der Waals surface area (Å²) in [7, 11) is 0. The zero-order chi connectivity index (χ0) is 16.8. The Morgan fingerprint density at radius 2 is 1.96 bits per heavy atom. The summed E-state index contributed by atoms with van der Waals surface area (Å²) in [5.41, 5.74) is 2.02. The number of benzene rings is 2. The van der Waals surface area contributed by atoms with Crippen LogP contribution in [0.25, 0.3) is 0 Å². The number of rotatable bonds is 2. The smallest absolute Gasteiger partial charge is 0.257 e. The van der Waals surface area contributed by atoms with Crippen molar-refractivity contribution in [2.24, 2.45) is 0 Å². The fourth-order valence-corrected chi connectivity index (χ4v) is 3.08. The van der Waals surface area contributed by atoms with Gasteiger partial charge in [-0.05, 0) is 55.8 Å². The number of carbonyl (C=O) groups excluding carboxylic acids is 2.